The van der Waals surface area contributed by atoms with E-state index in [1.807, 2.05) is 22.8 Å². The molecule has 6 rings (SSSR count). The molecule has 11 heteroatoms. The monoisotopic (exact) mass is 507 g/mol. The van der Waals surface area contributed by atoms with Crippen molar-refractivity contribution in [2.24, 2.45) is 0 Å². The number of aliphatic hydroxyl groups is 2. The number of rotatable bonds is 6. The van der Waals surface area contributed by atoms with Gasteiger partial charge < -0.3 is 24.8 Å². The lowest BCUT2D eigenvalue weighted by molar-refractivity contribution is -0.0507. The highest BCUT2D eigenvalue weighted by Crippen LogP contribution is 2.47. The van der Waals surface area contributed by atoms with Gasteiger partial charge in [0.2, 0.25) is 0 Å². The minimum atomic E-state index is -3.03. The Morgan fingerprint density at radius 3 is 2.68 bits per heavy atom. The average molecular weight is 507 g/mol. The molecule has 4 aromatic rings. The molecule has 4 heterocycles. The van der Waals surface area contributed by atoms with Crippen LogP contribution in [-0.2, 0) is 0 Å². The first-order valence-electron chi connectivity index (χ1n) is 11.9. The van der Waals surface area contributed by atoms with E-state index in [9.17, 15) is 23.8 Å². The van der Waals surface area contributed by atoms with Gasteiger partial charge in [0.1, 0.15) is 17.7 Å². The van der Waals surface area contributed by atoms with Gasteiger partial charge in [0.05, 0.1) is 29.2 Å². The normalized spacial score (nSPS) is 19.8. The van der Waals surface area contributed by atoms with Crippen molar-refractivity contribution in [3.05, 3.63) is 71.6 Å². The Morgan fingerprint density at radius 2 is 1.95 bits per heavy atom. The van der Waals surface area contributed by atoms with E-state index in [4.69, 9.17) is 9.72 Å². The van der Waals surface area contributed by atoms with Crippen LogP contribution in [0.5, 0.6) is 5.75 Å². The number of benzene rings is 2. The van der Waals surface area contributed by atoms with Crippen molar-refractivity contribution in [2.75, 3.05) is 0 Å². The molecule has 0 saturated heterocycles. The van der Waals surface area contributed by atoms with Crippen LogP contribution < -0.4 is 10.1 Å². The maximum atomic E-state index is 13.2. The molecule has 0 spiro atoms. The zero-order valence-corrected chi connectivity index (χ0v) is 19.7. The molecule has 2 aromatic carbocycles. The quantitative estimate of drug-likeness (QED) is 0.364. The number of fused-ring (bicyclic) bond motifs is 9. The number of halogens is 2. The van der Waals surface area contributed by atoms with Crippen LogP contribution in [0, 0.1) is 0 Å². The number of ether oxygens (including phenoxy) is 1. The fraction of sp³-hybridized carbons (Fsp3) is 0.308. The standard InChI is InChI=1S/C26H23F2N5O4/c1-2-19(34)22(35)23-29-10-13(11-30-23)12-6-7-15-17(8-12)33-18-9-16(24(33)31-15)32-25(36)14-4-3-5-20(21(14)18)37-26(27)28/h3-8,10-11,16,18-19,22,26,34-35H,2,9H2,1H3,(H,32,36)/t16-,18-,19?,22?/m1/s1. The third-order valence-corrected chi connectivity index (χ3v) is 7.02. The molecule has 190 valence electrons. The summed E-state index contributed by atoms with van der Waals surface area (Å²) < 4.78 is 33.2. The molecule has 2 aliphatic heterocycles. The van der Waals surface area contributed by atoms with E-state index >= 15 is 0 Å². The minimum absolute atomic E-state index is 0.0315. The summed E-state index contributed by atoms with van der Waals surface area (Å²) >= 11 is 0. The van der Waals surface area contributed by atoms with Gasteiger partial charge in [-0.2, -0.15) is 8.78 Å². The molecule has 2 unspecified atom stereocenters. The Morgan fingerprint density at radius 1 is 1.16 bits per heavy atom. The van der Waals surface area contributed by atoms with Crippen LogP contribution in [-0.4, -0.2) is 48.4 Å². The van der Waals surface area contributed by atoms with Crippen LogP contribution in [0.2, 0.25) is 0 Å². The molecule has 3 N–H and O–H groups in total. The van der Waals surface area contributed by atoms with E-state index in [1.54, 1.807) is 25.4 Å². The summed E-state index contributed by atoms with van der Waals surface area (Å²) in [6.45, 7) is -1.27. The Bertz CT molecular complexity index is 1510. The van der Waals surface area contributed by atoms with E-state index in [2.05, 4.69) is 15.3 Å². The maximum Gasteiger partial charge on any atom is 0.387 e. The van der Waals surface area contributed by atoms with Crippen LogP contribution in [0.25, 0.3) is 22.2 Å². The molecule has 0 radical (unpaired) electrons. The SMILES string of the molecule is CCC(O)C(O)c1ncc(-c2ccc3nc4n(c3c2)[C@@H]2C[C@H]4NC(=O)c3cccc(OC(F)F)c32)cn1. The van der Waals surface area contributed by atoms with Crippen LogP contribution in [0.1, 0.15) is 65.5 Å². The van der Waals surface area contributed by atoms with Gasteiger partial charge in [0.25, 0.3) is 5.91 Å². The summed E-state index contributed by atoms with van der Waals surface area (Å²) in [5, 5.41) is 23.0. The molecule has 0 saturated carbocycles. The second-order valence-corrected chi connectivity index (χ2v) is 9.17. The Balaban J connectivity index is 1.44. The van der Waals surface area contributed by atoms with Gasteiger partial charge in [-0.05, 0) is 42.7 Å². The van der Waals surface area contributed by atoms with E-state index in [-0.39, 0.29) is 23.5 Å². The maximum absolute atomic E-state index is 13.2. The molecule has 2 aliphatic rings. The lowest BCUT2D eigenvalue weighted by atomic mass is 9.97. The second kappa shape index (κ2) is 8.86. The topological polar surface area (TPSA) is 122 Å². The Labute approximate surface area is 209 Å². The lowest BCUT2D eigenvalue weighted by Crippen LogP contribution is -2.28. The van der Waals surface area contributed by atoms with Crippen LogP contribution >= 0.6 is 0 Å². The van der Waals surface area contributed by atoms with Crippen molar-refractivity contribution in [2.45, 2.75) is 50.7 Å². The number of carbonyl (C=O) groups excluding carboxylic acids is 1. The fourth-order valence-corrected chi connectivity index (χ4v) is 5.22. The number of aromatic nitrogens is 4. The van der Waals surface area contributed by atoms with Crippen LogP contribution in [0.4, 0.5) is 8.78 Å². The highest BCUT2D eigenvalue weighted by molar-refractivity contribution is 5.98. The molecule has 0 aliphatic carbocycles. The molecule has 2 bridgehead atoms. The number of carbonyl (C=O) groups is 1. The first kappa shape index (κ1) is 23.4. The Hall–Kier alpha value is -3.96. The van der Waals surface area contributed by atoms with Crippen LogP contribution in [0.3, 0.4) is 0 Å². The lowest BCUT2D eigenvalue weighted by Gasteiger charge is -2.21. The van der Waals surface area contributed by atoms with Gasteiger partial charge in [-0.15, -0.1) is 0 Å². The number of nitrogens with zero attached hydrogens (tertiary/aromatic N) is 4. The molecule has 0 fully saturated rings. The molecule has 37 heavy (non-hydrogen) atoms. The van der Waals surface area contributed by atoms with Gasteiger partial charge in [0.15, 0.2) is 5.82 Å². The summed E-state index contributed by atoms with van der Waals surface area (Å²) in [6, 6.07) is 9.39. The molecule has 4 atom stereocenters. The van der Waals surface area contributed by atoms with Crippen molar-refractivity contribution in [1.29, 1.82) is 0 Å². The highest BCUT2D eigenvalue weighted by atomic mass is 19.3. The molecular formula is C26H23F2N5O4. The van der Waals surface area contributed by atoms with Crippen LogP contribution in [0.15, 0.2) is 48.8 Å². The first-order chi connectivity index (χ1) is 17.9. The second-order valence-electron chi connectivity index (χ2n) is 9.17. The number of aliphatic hydroxyl groups excluding tert-OH is 2. The van der Waals surface area contributed by atoms with Crippen molar-refractivity contribution < 1.29 is 28.5 Å². The number of hydrogen-bond donors (Lipinski definition) is 3. The van der Waals surface area contributed by atoms with Gasteiger partial charge in [-0.3, -0.25) is 4.79 Å². The number of amides is 1. The van der Waals surface area contributed by atoms with Crippen molar-refractivity contribution in [3.8, 4) is 16.9 Å². The average Bonchev–Trinajstić information content (AvgIpc) is 3.39. The summed E-state index contributed by atoms with van der Waals surface area (Å²) in [4.78, 5) is 26.1. The molecular weight excluding hydrogens is 484 g/mol. The van der Waals surface area contributed by atoms with E-state index in [0.29, 0.717) is 40.9 Å². The highest BCUT2D eigenvalue weighted by Gasteiger charge is 2.42. The third-order valence-electron chi connectivity index (χ3n) is 7.02. The van der Waals surface area contributed by atoms with Crippen molar-refractivity contribution in [3.63, 3.8) is 0 Å². The third kappa shape index (κ3) is 3.82. The van der Waals surface area contributed by atoms with E-state index in [0.717, 1.165) is 11.1 Å². The number of alkyl halides is 2. The number of imidazole rings is 1. The smallest absolute Gasteiger partial charge is 0.387 e. The largest absolute Gasteiger partial charge is 0.434 e. The van der Waals surface area contributed by atoms with Crippen molar-refractivity contribution >= 4 is 16.9 Å². The molecule has 9 nitrogen and oxygen atoms in total. The molecule has 2 aromatic heterocycles. The predicted octanol–water partition coefficient (Wildman–Crippen LogP) is 3.68. The summed E-state index contributed by atoms with van der Waals surface area (Å²) in [7, 11) is 0. The fourth-order valence-electron chi connectivity index (χ4n) is 5.22. The minimum Gasteiger partial charge on any atom is -0.434 e. The summed E-state index contributed by atoms with van der Waals surface area (Å²) in [5.41, 5.74) is 3.63. The van der Waals surface area contributed by atoms with E-state index < -0.39 is 24.9 Å². The predicted molar refractivity (Wildman–Crippen MR) is 128 cm³/mol. The van der Waals surface area contributed by atoms with Gasteiger partial charge in [0, 0.05) is 29.1 Å². The summed E-state index contributed by atoms with van der Waals surface area (Å²) in [6.07, 6.45) is 1.84. The Kier molecular flexibility index (Phi) is 5.61. The van der Waals surface area contributed by atoms with E-state index in [1.165, 1.54) is 12.1 Å². The van der Waals surface area contributed by atoms with Gasteiger partial charge >= 0.3 is 6.61 Å². The van der Waals surface area contributed by atoms with Gasteiger partial charge in [-0.25, -0.2) is 15.0 Å². The van der Waals surface area contributed by atoms with Crippen molar-refractivity contribution in [1.82, 2.24) is 24.8 Å². The zero-order valence-electron chi connectivity index (χ0n) is 19.7. The van der Waals surface area contributed by atoms with Gasteiger partial charge in [-0.1, -0.05) is 19.1 Å². The first-order valence-corrected chi connectivity index (χ1v) is 11.9. The number of nitrogens with one attached hydrogen (secondary N) is 1. The number of hydrogen-bond acceptors (Lipinski definition) is 7. The molecule has 1 amide bonds. The summed E-state index contributed by atoms with van der Waals surface area (Å²) in [5.74, 6) is 0.393. The zero-order chi connectivity index (χ0) is 25.8.